The zero-order valence-electron chi connectivity index (χ0n) is 19.9. The molecule has 0 saturated heterocycles. The Morgan fingerprint density at radius 1 is 1.03 bits per heavy atom. The Labute approximate surface area is 195 Å². The van der Waals surface area contributed by atoms with Crippen LogP contribution >= 0.6 is 0 Å². The lowest BCUT2D eigenvalue weighted by atomic mass is 9.87. The first-order valence-electron chi connectivity index (χ1n) is 10.6. The number of hydrogen-bond acceptors (Lipinski definition) is 4. The fourth-order valence-corrected chi connectivity index (χ4v) is 4.17. The van der Waals surface area contributed by atoms with Gasteiger partial charge in [-0.05, 0) is 47.7 Å². The number of amides is 2. The van der Waals surface area contributed by atoms with Crippen LogP contribution in [0.4, 0.5) is 10.1 Å². The molecule has 2 rings (SSSR count). The van der Waals surface area contributed by atoms with E-state index in [-0.39, 0.29) is 12.0 Å². The lowest BCUT2D eigenvalue weighted by Gasteiger charge is -2.31. The SMILES string of the molecule is CNC(=O)[C@H](C)N(Cc1ccc(F)cc1)C(=O)CN(c1ccc(C(C)(C)C)cc1)S(C)(=O)=O. The first-order chi connectivity index (χ1) is 15.2. The summed E-state index contributed by atoms with van der Waals surface area (Å²) in [6, 6.07) is 11.7. The Balaban J connectivity index is 2.37. The summed E-state index contributed by atoms with van der Waals surface area (Å²) < 4.78 is 39.4. The molecular weight excluding hydrogens is 445 g/mol. The topological polar surface area (TPSA) is 86.8 Å². The lowest BCUT2D eigenvalue weighted by Crippen LogP contribution is -2.50. The Hall–Kier alpha value is -2.94. The molecule has 0 fully saturated rings. The zero-order chi connectivity index (χ0) is 25.0. The van der Waals surface area contributed by atoms with Crippen LogP contribution in [0.2, 0.25) is 0 Å². The fourth-order valence-electron chi connectivity index (χ4n) is 3.32. The predicted molar refractivity (Wildman–Crippen MR) is 128 cm³/mol. The van der Waals surface area contributed by atoms with Gasteiger partial charge in [-0.1, -0.05) is 45.0 Å². The molecule has 0 unspecified atom stereocenters. The van der Waals surface area contributed by atoms with E-state index in [1.54, 1.807) is 19.1 Å². The minimum absolute atomic E-state index is 0.0221. The summed E-state index contributed by atoms with van der Waals surface area (Å²) in [4.78, 5) is 26.9. The van der Waals surface area contributed by atoms with E-state index in [0.717, 1.165) is 16.1 Å². The van der Waals surface area contributed by atoms with Gasteiger partial charge in [-0.25, -0.2) is 12.8 Å². The zero-order valence-corrected chi connectivity index (χ0v) is 20.7. The van der Waals surface area contributed by atoms with Crippen molar-refractivity contribution >= 4 is 27.5 Å². The third kappa shape index (κ3) is 7.02. The van der Waals surface area contributed by atoms with Gasteiger partial charge in [0.25, 0.3) is 0 Å². The number of rotatable bonds is 8. The van der Waals surface area contributed by atoms with Crippen molar-refractivity contribution in [3.8, 4) is 0 Å². The second-order valence-corrected chi connectivity index (χ2v) is 10.9. The molecular formula is C24H32FN3O4S. The van der Waals surface area contributed by atoms with E-state index < -0.39 is 40.2 Å². The van der Waals surface area contributed by atoms with Crippen molar-refractivity contribution in [1.29, 1.82) is 0 Å². The van der Waals surface area contributed by atoms with Crippen molar-refractivity contribution in [2.45, 2.75) is 45.7 Å². The number of nitrogens with zero attached hydrogens (tertiary/aromatic N) is 2. The molecule has 1 atom stereocenters. The Bertz CT molecular complexity index is 1080. The first kappa shape index (κ1) is 26.3. The van der Waals surface area contributed by atoms with E-state index in [1.165, 1.54) is 36.2 Å². The highest BCUT2D eigenvalue weighted by Crippen LogP contribution is 2.26. The highest BCUT2D eigenvalue weighted by Gasteiger charge is 2.29. The third-order valence-corrected chi connectivity index (χ3v) is 6.52. The summed E-state index contributed by atoms with van der Waals surface area (Å²) in [5.74, 6) is -1.37. The number of sulfonamides is 1. The van der Waals surface area contributed by atoms with Crippen molar-refractivity contribution in [1.82, 2.24) is 10.2 Å². The van der Waals surface area contributed by atoms with Gasteiger partial charge < -0.3 is 10.2 Å². The van der Waals surface area contributed by atoms with Crippen molar-refractivity contribution in [2.75, 3.05) is 24.2 Å². The number of benzene rings is 2. The molecule has 0 aliphatic rings. The number of anilines is 1. The summed E-state index contributed by atoms with van der Waals surface area (Å²) in [7, 11) is -2.33. The average molecular weight is 478 g/mol. The molecule has 0 aromatic heterocycles. The fraction of sp³-hybridized carbons (Fsp3) is 0.417. The molecule has 9 heteroatoms. The number of carbonyl (C=O) groups excluding carboxylic acids is 2. The van der Waals surface area contributed by atoms with E-state index in [1.807, 2.05) is 32.9 Å². The van der Waals surface area contributed by atoms with Crippen LogP contribution in [0.1, 0.15) is 38.8 Å². The predicted octanol–water partition coefficient (Wildman–Crippen LogP) is 3.05. The van der Waals surface area contributed by atoms with Gasteiger partial charge in [0.15, 0.2) is 0 Å². The second-order valence-electron chi connectivity index (χ2n) is 9.00. The summed E-state index contributed by atoms with van der Waals surface area (Å²) in [6.07, 6.45) is 1.03. The van der Waals surface area contributed by atoms with Gasteiger partial charge in [0.05, 0.1) is 11.9 Å². The van der Waals surface area contributed by atoms with Gasteiger partial charge in [-0.3, -0.25) is 13.9 Å². The number of carbonyl (C=O) groups is 2. The van der Waals surface area contributed by atoms with Gasteiger partial charge in [-0.15, -0.1) is 0 Å². The first-order valence-corrected chi connectivity index (χ1v) is 12.4. The molecule has 0 saturated carbocycles. The van der Waals surface area contributed by atoms with Crippen LogP contribution in [0.5, 0.6) is 0 Å². The maximum atomic E-state index is 13.3. The normalized spacial score (nSPS) is 12.7. The highest BCUT2D eigenvalue weighted by atomic mass is 32.2. The number of nitrogens with one attached hydrogen (secondary N) is 1. The molecule has 0 aliphatic heterocycles. The summed E-state index contributed by atoms with van der Waals surface area (Å²) in [6.45, 7) is 7.25. The van der Waals surface area contributed by atoms with Crippen molar-refractivity contribution < 1.29 is 22.4 Å². The summed E-state index contributed by atoms with van der Waals surface area (Å²) in [5.41, 5.74) is 1.88. The molecule has 2 amide bonds. The summed E-state index contributed by atoms with van der Waals surface area (Å²) in [5, 5.41) is 2.51. The van der Waals surface area contributed by atoms with Gasteiger partial charge in [-0.2, -0.15) is 0 Å². The van der Waals surface area contributed by atoms with E-state index in [0.29, 0.717) is 11.3 Å². The lowest BCUT2D eigenvalue weighted by molar-refractivity contribution is -0.139. The van der Waals surface area contributed by atoms with Crippen LogP contribution in [-0.2, 0) is 31.6 Å². The monoisotopic (exact) mass is 477 g/mol. The Morgan fingerprint density at radius 3 is 2.03 bits per heavy atom. The molecule has 0 heterocycles. The molecule has 0 spiro atoms. The standard InChI is InChI=1S/C24H32FN3O4S/c1-17(23(30)26-5)27(15-18-7-11-20(25)12-8-18)22(29)16-28(33(6,31)32)21-13-9-19(10-14-21)24(2,3)4/h7-14,17H,15-16H2,1-6H3,(H,26,30)/t17-/m0/s1. The smallest absolute Gasteiger partial charge is 0.244 e. The van der Waals surface area contributed by atoms with Gasteiger partial charge in [0.1, 0.15) is 18.4 Å². The minimum Gasteiger partial charge on any atom is -0.357 e. The maximum Gasteiger partial charge on any atom is 0.244 e. The maximum absolute atomic E-state index is 13.3. The van der Waals surface area contributed by atoms with Crippen LogP contribution in [0.25, 0.3) is 0 Å². The van der Waals surface area contributed by atoms with Crippen LogP contribution in [-0.4, -0.2) is 51.0 Å². The quantitative estimate of drug-likeness (QED) is 0.633. The third-order valence-electron chi connectivity index (χ3n) is 5.38. The molecule has 33 heavy (non-hydrogen) atoms. The van der Waals surface area contributed by atoms with Crippen LogP contribution in [0.15, 0.2) is 48.5 Å². The van der Waals surface area contributed by atoms with Gasteiger partial charge >= 0.3 is 0 Å². The average Bonchev–Trinajstić information content (AvgIpc) is 2.74. The molecule has 0 radical (unpaired) electrons. The largest absolute Gasteiger partial charge is 0.357 e. The number of hydrogen-bond donors (Lipinski definition) is 1. The van der Waals surface area contributed by atoms with Crippen LogP contribution < -0.4 is 9.62 Å². The van der Waals surface area contributed by atoms with E-state index >= 15 is 0 Å². The van der Waals surface area contributed by atoms with E-state index in [4.69, 9.17) is 0 Å². The molecule has 2 aromatic carbocycles. The molecule has 7 nitrogen and oxygen atoms in total. The van der Waals surface area contributed by atoms with Crippen LogP contribution in [0, 0.1) is 5.82 Å². The van der Waals surface area contributed by atoms with E-state index in [2.05, 4.69) is 5.32 Å². The molecule has 0 bridgehead atoms. The molecule has 180 valence electrons. The summed E-state index contributed by atoms with van der Waals surface area (Å²) >= 11 is 0. The van der Waals surface area contributed by atoms with Crippen LogP contribution in [0.3, 0.4) is 0 Å². The molecule has 1 N–H and O–H groups in total. The minimum atomic E-state index is -3.79. The van der Waals surface area contributed by atoms with Crippen molar-refractivity contribution in [3.05, 3.63) is 65.5 Å². The number of halogens is 1. The molecule has 2 aromatic rings. The molecule has 0 aliphatic carbocycles. The van der Waals surface area contributed by atoms with Gasteiger partial charge in [0.2, 0.25) is 21.8 Å². The second kappa shape index (κ2) is 10.3. The number of likely N-dealkylation sites (N-methyl/N-ethyl adjacent to an activating group) is 1. The highest BCUT2D eigenvalue weighted by molar-refractivity contribution is 7.92. The van der Waals surface area contributed by atoms with Crippen molar-refractivity contribution in [3.63, 3.8) is 0 Å². The van der Waals surface area contributed by atoms with E-state index in [9.17, 15) is 22.4 Å². The Morgan fingerprint density at radius 2 is 1.58 bits per heavy atom. The van der Waals surface area contributed by atoms with Gasteiger partial charge in [0, 0.05) is 13.6 Å². The Kier molecular flexibility index (Phi) is 8.24. The van der Waals surface area contributed by atoms with Crippen molar-refractivity contribution in [2.24, 2.45) is 0 Å².